The third-order valence-electron chi connectivity index (χ3n) is 17.0. The van der Waals surface area contributed by atoms with Crippen LogP contribution in [0.1, 0.15) is 113 Å². The Balaban J connectivity index is 0.000000185. The Kier molecular flexibility index (Phi) is 19.3. The molecule has 0 nitrogen and oxygen atoms in total. The van der Waals surface area contributed by atoms with Gasteiger partial charge in [-0.1, -0.05) is 0 Å². The summed E-state index contributed by atoms with van der Waals surface area (Å²) in [6.07, 6.45) is 15.0. The SMILES string of the molecule is CCC1=Cc2c(-c3ccccc3)cccc2[CH]1[Hf]([CH]1C(CC)=Cc2c(-c3ccccc3)cccc21)=[Si](C)C.CCC1=Cc2c(-c3ccccc3)cccc2[CH]1[Hf]([CH]1C(CC)=Cc2c(-c3ccccc3)cccc21)=[Si](C)C.[Cl-].[Cl-]. The summed E-state index contributed by atoms with van der Waals surface area (Å²) in [6, 6.07) is 72.6. The maximum absolute atomic E-state index is 2.64. The van der Waals surface area contributed by atoms with Crippen LogP contribution in [-0.2, 0) is 40.1 Å². The number of benzene rings is 8. The van der Waals surface area contributed by atoms with Crippen molar-refractivity contribution in [1.29, 1.82) is 0 Å². The van der Waals surface area contributed by atoms with Crippen LogP contribution >= 0.6 is 0 Å². The Bertz CT molecular complexity index is 3200. The topological polar surface area (TPSA) is 0 Å². The molecule has 392 valence electrons. The molecule has 0 saturated heterocycles. The van der Waals surface area contributed by atoms with E-state index in [0.717, 1.165) is 25.7 Å². The van der Waals surface area contributed by atoms with Crippen LogP contribution in [0.2, 0.25) is 26.2 Å². The molecule has 8 aromatic carbocycles. The summed E-state index contributed by atoms with van der Waals surface area (Å²) in [5, 5.41) is 0. The molecule has 0 bridgehead atoms. The monoisotopic (exact) mass is 1420 g/mol. The van der Waals surface area contributed by atoms with E-state index in [4.69, 9.17) is 0 Å². The average Bonchev–Trinajstić information content (AvgIpc) is 4.44. The fraction of sp³-hybridized carbons (Fsp3) is 0.222. The summed E-state index contributed by atoms with van der Waals surface area (Å²) in [4.78, 5) is 0. The van der Waals surface area contributed by atoms with Crippen LogP contribution in [0.15, 0.2) is 216 Å². The van der Waals surface area contributed by atoms with Crippen molar-refractivity contribution in [1.82, 2.24) is 0 Å². The number of hydrogen-bond donors (Lipinski definition) is 0. The van der Waals surface area contributed by atoms with Gasteiger partial charge < -0.3 is 24.8 Å². The Morgan fingerprint density at radius 1 is 0.282 bits per heavy atom. The van der Waals surface area contributed by atoms with Gasteiger partial charge in [0.05, 0.1) is 0 Å². The largest absolute Gasteiger partial charge is 1.00 e. The van der Waals surface area contributed by atoms with Crippen molar-refractivity contribution in [3.63, 3.8) is 0 Å². The third kappa shape index (κ3) is 11.0. The zero-order valence-electron chi connectivity index (χ0n) is 46.7. The van der Waals surface area contributed by atoms with E-state index in [2.05, 4.69) is 272 Å². The molecule has 8 aromatic rings. The molecule has 0 N–H and O–H groups in total. The predicted molar refractivity (Wildman–Crippen MR) is 327 cm³/mol. The number of fused-ring (bicyclic) bond motifs is 4. The molecule has 4 aliphatic carbocycles. The van der Waals surface area contributed by atoms with Gasteiger partial charge in [-0.2, -0.15) is 0 Å². The third-order valence-corrected chi connectivity index (χ3v) is 72.4. The van der Waals surface area contributed by atoms with Gasteiger partial charge in [-0.15, -0.1) is 0 Å². The summed E-state index contributed by atoms with van der Waals surface area (Å²) >= 11 is -4.64. The minimum absolute atomic E-state index is 0. The summed E-state index contributed by atoms with van der Waals surface area (Å²) in [7, 11) is 0. The van der Waals surface area contributed by atoms with Crippen molar-refractivity contribution in [2.45, 2.75) is 94.3 Å². The van der Waals surface area contributed by atoms with E-state index in [9.17, 15) is 0 Å². The van der Waals surface area contributed by atoms with Gasteiger partial charge in [-0.3, -0.25) is 0 Å². The van der Waals surface area contributed by atoms with E-state index in [1.807, 2.05) is 0 Å². The normalized spacial score (nSPS) is 17.0. The second-order valence-electron chi connectivity index (χ2n) is 21.6. The number of halogens is 2. The Hall–Kier alpha value is -4.53. The molecular weight excluding hydrogens is 1350 g/mol. The minimum Gasteiger partial charge on any atom is -1.00 e. The standard InChI is InChI=1S/4C17H15.2C2H6Si.2ClH.2Hf/c4*1-2-13-11-15-9-6-10-16(17(15)12-13)14-7-4-3-5-8-14;2*1-3-2;;;;/h4*3-12H,2H2,1H3;2*1-2H3;2*1H;;/p-2. The van der Waals surface area contributed by atoms with Crippen molar-refractivity contribution in [2.24, 2.45) is 0 Å². The molecule has 0 spiro atoms. The van der Waals surface area contributed by atoms with Gasteiger partial charge in [-0.05, 0) is 0 Å². The van der Waals surface area contributed by atoms with E-state index in [1.54, 1.807) is 44.5 Å². The van der Waals surface area contributed by atoms with Crippen LogP contribution in [0.3, 0.4) is 0 Å². The van der Waals surface area contributed by atoms with Crippen LogP contribution in [0.4, 0.5) is 0 Å². The van der Waals surface area contributed by atoms with Crippen molar-refractivity contribution >= 4 is 35.3 Å². The van der Waals surface area contributed by atoms with E-state index in [1.165, 1.54) is 66.8 Å². The summed E-state index contributed by atoms with van der Waals surface area (Å²) in [5.74, 6) is 0. The Morgan fingerprint density at radius 3 is 0.667 bits per heavy atom. The quantitative estimate of drug-likeness (QED) is 0.107. The van der Waals surface area contributed by atoms with Gasteiger partial charge in [0.2, 0.25) is 0 Å². The zero-order chi connectivity index (χ0) is 52.5. The first-order valence-corrected chi connectivity index (χ1v) is 52.2. The average molecular weight is 1420 g/mol. The minimum atomic E-state index is -2.32. The van der Waals surface area contributed by atoms with Crippen molar-refractivity contribution in [3.8, 4) is 44.5 Å². The van der Waals surface area contributed by atoms with Crippen LogP contribution in [0.25, 0.3) is 68.8 Å². The molecule has 0 radical (unpaired) electrons. The second kappa shape index (κ2) is 25.9. The van der Waals surface area contributed by atoms with Crippen LogP contribution in [0.5, 0.6) is 0 Å². The van der Waals surface area contributed by atoms with Crippen LogP contribution < -0.4 is 24.8 Å². The smallest absolute Gasteiger partial charge is 1.00 e. The molecule has 12 rings (SSSR count). The maximum Gasteiger partial charge on any atom is -1.00 e. The second-order valence-corrected chi connectivity index (χ2v) is 71.5. The molecule has 4 atom stereocenters. The summed E-state index contributed by atoms with van der Waals surface area (Å²) < 4.78 is 2.77. The van der Waals surface area contributed by atoms with Crippen molar-refractivity contribution in [2.75, 3.05) is 0 Å². The Morgan fingerprint density at radius 2 is 0.487 bits per heavy atom. The first-order valence-electron chi connectivity index (χ1n) is 28.1. The molecule has 0 aliphatic heterocycles. The van der Waals surface area contributed by atoms with Gasteiger partial charge in [0.1, 0.15) is 0 Å². The van der Waals surface area contributed by atoms with E-state index >= 15 is 0 Å². The van der Waals surface area contributed by atoms with Gasteiger partial charge in [0, 0.05) is 0 Å². The molecule has 0 heterocycles. The van der Waals surface area contributed by atoms with E-state index < -0.39 is 51.1 Å². The van der Waals surface area contributed by atoms with Gasteiger partial charge in [0.25, 0.3) is 0 Å². The maximum atomic E-state index is 2.64. The van der Waals surface area contributed by atoms with Gasteiger partial charge in [-0.25, -0.2) is 0 Å². The zero-order valence-corrected chi connectivity index (χ0v) is 57.4. The number of allylic oxidation sites excluding steroid dienone is 4. The van der Waals surface area contributed by atoms with Gasteiger partial charge >= 0.3 is 475 Å². The molecule has 0 fully saturated rings. The first kappa shape index (κ1) is 58.1. The molecule has 6 heteroatoms. The molecule has 4 aliphatic rings. The molecule has 0 saturated carbocycles. The van der Waals surface area contributed by atoms with Crippen molar-refractivity contribution in [3.05, 3.63) is 261 Å². The van der Waals surface area contributed by atoms with E-state index in [-0.39, 0.29) is 24.8 Å². The molecule has 4 unspecified atom stereocenters. The van der Waals surface area contributed by atoms with Gasteiger partial charge in [0.15, 0.2) is 0 Å². The fourth-order valence-electron chi connectivity index (χ4n) is 13.5. The first-order chi connectivity index (χ1) is 37.2. The predicted octanol–water partition coefficient (Wildman–Crippen LogP) is 14.6. The van der Waals surface area contributed by atoms with Crippen molar-refractivity contribution < 1.29 is 64.9 Å². The number of rotatable bonds is 12. The fourth-order valence-corrected chi connectivity index (χ4v) is 72.6. The van der Waals surface area contributed by atoms with E-state index in [0.29, 0.717) is 14.7 Å². The summed E-state index contributed by atoms with van der Waals surface area (Å²) in [6.45, 7) is 20.1. The van der Waals surface area contributed by atoms with Crippen LogP contribution in [-0.4, -0.2) is 11.0 Å². The molecule has 78 heavy (non-hydrogen) atoms. The molecule has 0 aromatic heterocycles. The summed E-state index contributed by atoms with van der Waals surface area (Å²) in [5.41, 5.74) is 29.6. The molecular formula is C72H72Cl2Hf2Si2-2. The Labute approximate surface area is 495 Å². The molecule has 0 amide bonds. The number of hydrogen-bond acceptors (Lipinski definition) is 0. The van der Waals surface area contributed by atoms with Crippen LogP contribution in [0, 0.1) is 0 Å².